The minimum absolute atomic E-state index is 0.0300. The van der Waals surface area contributed by atoms with E-state index in [0.29, 0.717) is 31.6 Å². The summed E-state index contributed by atoms with van der Waals surface area (Å²) in [4.78, 5) is 45.6. The maximum absolute atomic E-state index is 12.8. The van der Waals surface area contributed by atoms with E-state index in [-0.39, 0.29) is 30.2 Å². The lowest BCUT2D eigenvalue weighted by Gasteiger charge is -2.32. The van der Waals surface area contributed by atoms with Crippen molar-refractivity contribution in [2.45, 2.75) is 31.6 Å². The second-order valence-electron chi connectivity index (χ2n) is 8.58. The Kier molecular flexibility index (Phi) is 6.09. The van der Waals surface area contributed by atoms with Gasteiger partial charge in [-0.05, 0) is 55.7 Å². The SMILES string of the molecule is O=C(NCC(=O)N1CCCC(c2nc3ccccc3s2)C1)c1ccc(N2CCCC2=O)cc1. The highest BCUT2D eigenvalue weighted by atomic mass is 32.1. The largest absolute Gasteiger partial charge is 0.343 e. The number of hydrogen-bond donors (Lipinski definition) is 1. The molecule has 1 aromatic heterocycles. The monoisotopic (exact) mass is 462 g/mol. The number of benzene rings is 2. The van der Waals surface area contributed by atoms with Gasteiger partial charge in [-0.25, -0.2) is 4.98 Å². The molecule has 2 aliphatic rings. The zero-order valence-corrected chi connectivity index (χ0v) is 19.1. The highest BCUT2D eigenvalue weighted by Crippen LogP contribution is 2.33. The Morgan fingerprint density at radius 2 is 1.88 bits per heavy atom. The molecule has 0 saturated carbocycles. The molecule has 3 amide bonds. The third-order valence-electron chi connectivity index (χ3n) is 6.35. The predicted molar refractivity (Wildman–Crippen MR) is 129 cm³/mol. The maximum Gasteiger partial charge on any atom is 0.251 e. The smallest absolute Gasteiger partial charge is 0.251 e. The number of fused-ring (bicyclic) bond motifs is 1. The molecule has 0 aliphatic carbocycles. The number of para-hydroxylation sites is 1. The summed E-state index contributed by atoms with van der Waals surface area (Å²) >= 11 is 1.70. The van der Waals surface area contributed by atoms with Gasteiger partial charge in [0.25, 0.3) is 5.91 Å². The summed E-state index contributed by atoms with van der Waals surface area (Å²) in [5.41, 5.74) is 2.29. The molecule has 2 aliphatic heterocycles. The van der Waals surface area contributed by atoms with Crippen LogP contribution in [-0.2, 0) is 9.59 Å². The van der Waals surface area contributed by atoms with E-state index in [1.54, 1.807) is 40.5 Å². The Bertz CT molecular complexity index is 1160. The van der Waals surface area contributed by atoms with Gasteiger partial charge in [0.15, 0.2) is 0 Å². The summed E-state index contributed by atoms with van der Waals surface area (Å²) in [7, 11) is 0. The average Bonchev–Trinajstić information content (AvgIpc) is 3.48. The Labute approximate surface area is 196 Å². The van der Waals surface area contributed by atoms with Crippen LogP contribution in [0.4, 0.5) is 5.69 Å². The van der Waals surface area contributed by atoms with E-state index in [2.05, 4.69) is 11.4 Å². The van der Waals surface area contributed by atoms with Gasteiger partial charge in [-0.1, -0.05) is 12.1 Å². The van der Waals surface area contributed by atoms with Crippen LogP contribution in [0.25, 0.3) is 10.2 Å². The number of nitrogens with zero attached hydrogens (tertiary/aromatic N) is 3. The zero-order chi connectivity index (χ0) is 22.8. The number of aromatic nitrogens is 1. The Balaban J connectivity index is 1.16. The first-order valence-corrected chi connectivity index (χ1v) is 12.2. The van der Waals surface area contributed by atoms with Crippen LogP contribution in [0.15, 0.2) is 48.5 Å². The number of carbonyl (C=O) groups excluding carboxylic acids is 3. The van der Waals surface area contributed by atoms with Gasteiger partial charge in [0.2, 0.25) is 11.8 Å². The van der Waals surface area contributed by atoms with Crippen LogP contribution >= 0.6 is 11.3 Å². The minimum atomic E-state index is -0.289. The van der Waals surface area contributed by atoms with Crippen molar-refractivity contribution >= 4 is 45.0 Å². The van der Waals surface area contributed by atoms with Gasteiger partial charge >= 0.3 is 0 Å². The molecule has 7 nitrogen and oxygen atoms in total. The molecule has 0 spiro atoms. The van der Waals surface area contributed by atoms with E-state index in [9.17, 15) is 14.4 Å². The van der Waals surface area contributed by atoms with Crippen LogP contribution in [-0.4, -0.2) is 53.8 Å². The first-order valence-electron chi connectivity index (χ1n) is 11.4. The minimum Gasteiger partial charge on any atom is -0.343 e. The molecule has 1 unspecified atom stereocenters. The summed E-state index contributed by atoms with van der Waals surface area (Å²) < 4.78 is 1.17. The number of thiazole rings is 1. The first-order chi connectivity index (χ1) is 16.1. The molecule has 3 aromatic rings. The van der Waals surface area contributed by atoms with Gasteiger partial charge in [0.05, 0.1) is 21.8 Å². The van der Waals surface area contributed by atoms with Crippen molar-refractivity contribution in [1.29, 1.82) is 0 Å². The number of carbonyl (C=O) groups is 3. The van der Waals surface area contributed by atoms with Crippen molar-refractivity contribution in [2.75, 3.05) is 31.1 Å². The van der Waals surface area contributed by atoms with Crippen molar-refractivity contribution < 1.29 is 14.4 Å². The van der Waals surface area contributed by atoms with Crippen LogP contribution in [0.2, 0.25) is 0 Å². The van der Waals surface area contributed by atoms with Crippen molar-refractivity contribution in [2.24, 2.45) is 0 Å². The summed E-state index contributed by atoms with van der Waals surface area (Å²) in [6.45, 7) is 2.02. The Morgan fingerprint density at radius 3 is 2.64 bits per heavy atom. The lowest BCUT2D eigenvalue weighted by atomic mass is 9.98. The second-order valence-corrected chi connectivity index (χ2v) is 9.64. The van der Waals surface area contributed by atoms with Crippen molar-refractivity contribution in [3.63, 3.8) is 0 Å². The summed E-state index contributed by atoms with van der Waals surface area (Å²) in [5.74, 6) is -0.0176. The molecule has 170 valence electrons. The first kappa shape index (κ1) is 21.6. The Morgan fingerprint density at radius 1 is 1.06 bits per heavy atom. The number of rotatable bonds is 5. The molecule has 0 bridgehead atoms. The van der Waals surface area contributed by atoms with Gasteiger partial charge in [0, 0.05) is 43.2 Å². The number of hydrogen-bond acceptors (Lipinski definition) is 5. The summed E-state index contributed by atoms with van der Waals surface area (Å²) in [6.07, 6.45) is 3.37. The van der Waals surface area contributed by atoms with E-state index in [4.69, 9.17) is 4.98 Å². The van der Waals surface area contributed by atoms with Crippen LogP contribution < -0.4 is 10.2 Å². The normalized spacial score (nSPS) is 18.7. The van der Waals surface area contributed by atoms with Crippen molar-refractivity contribution in [1.82, 2.24) is 15.2 Å². The topological polar surface area (TPSA) is 82.6 Å². The van der Waals surface area contributed by atoms with Gasteiger partial charge in [0.1, 0.15) is 0 Å². The van der Waals surface area contributed by atoms with E-state index in [0.717, 1.165) is 35.5 Å². The number of amides is 3. The maximum atomic E-state index is 12.8. The molecule has 2 aromatic carbocycles. The van der Waals surface area contributed by atoms with E-state index in [1.165, 1.54) is 4.70 Å². The highest BCUT2D eigenvalue weighted by molar-refractivity contribution is 7.18. The molecule has 2 fully saturated rings. The van der Waals surface area contributed by atoms with E-state index in [1.807, 2.05) is 23.1 Å². The second kappa shape index (κ2) is 9.31. The van der Waals surface area contributed by atoms with Crippen LogP contribution in [0.1, 0.15) is 47.0 Å². The fourth-order valence-electron chi connectivity index (χ4n) is 4.55. The fourth-order valence-corrected chi connectivity index (χ4v) is 5.65. The molecule has 3 heterocycles. The fraction of sp³-hybridized carbons (Fsp3) is 0.360. The number of nitrogens with one attached hydrogen (secondary N) is 1. The average molecular weight is 463 g/mol. The van der Waals surface area contributed by atoms with Gasteiger partial charge in [-0.15, -0.1) is 11.3 Å². The van der Waals surface area contributed by atoms with Crippen molar-refractivity contribution in [3.8, 4) is 0 Å². The molecule has 33 heavy (non-hydrogen) atoms. The molecule has 2 saturated heterocycles. The predicted octanol–water partition coefficient (Wildman–Crippen LogP) is 3.56. The molecule has 8 heteroatoms. The molecular weight excluding hydrogens is 436 g/mol. The lowest BCUT2D eigenvalue weighted by Crippen LogP contribution is -2.44. The van der Waals surface area contributed by atoms with Gasteiger partial charge < -0.3 is 15.1 Å². The molecular formula is C25H26N4O3S. The number of likely N-dealkylation sites (tertiary alicyclic amines) is 1. The lowest BCUT2D eigenvalue weighted by molar-refractivity contribution is -0.131. The van der Waals surface area contributed by atoms with Gasteiger partial charge in [-0.2, -0.15) is 0 Å². The summed E-state index contributed by atoms with van der Waals surface area (Å²) in [5, 5.41) is 3.82. The van der Waals surface area contributed by atoms with Crippen LogP contribution in [0.5, 0.6) is 0 Å². The molecule has 1 N–H and O–H groups in total. The van der Waals surface area contributed by atoms with Crippen molar-refractivity contribution in [3.05, 3.63) is 59.1 Å². The third kappa shape index (κ3) is 4.61. The molecule has 1 atom stereocenters. The highest BCUT2D eigenvalue weighted by Gasteiger charge is 2.27. The van der Waals surface area contributed by atoms with Crippen LogP contribution in [0, 0.1) is 0 Å². The Hall–Kier alpha value is -3.26. The van der Waals surface area contributed by atoms with E-state index >= 15 is 0 Å². The number of anilines is 1. The standard InChI is InChI=1S/C25H26N4O3S/c30-22-8-4-14-29(22)19-11-9-17(10-12-19)24(32)26-15-23(31)28-13-3-5-18(16-28)25-27-20-6-1-2-7-21(20)33-25/h1-2,6-7,9-12,18H,3-5,8,13-16H2,(H,26,32). The molecule has 5 rings (SSSR count). The zero-order valence-electron chi connectivity index (χ0n) is 18.3. The number of piperidine rings is 1. The quantitative estimate of drug-likeness (QED) is 0.629. The van der Waals surface area contributed by atoms with E-state index < -0.39 is 0 Å². The van der Waals surface area contributed by atoms with Crippen LogP contribution in [0.3, 0.4) is 0 Å². The summed E-state index contributed by atoms with van der Waals surface area (Å²) in [6, 6.07) is 15.1. The third-order valence-corrected chi connectivity index (χ3v) is 7.55. The van der Waals surface area contributed by atoms with Gasteiger partial charge in [-0.3, -0.25) is 14.4 Å². The molecule has 0 radical (unpaired) electrons.